The van der Waals surface area contributed by atoms with E-state index in [1.165, 1.54) is 57.8 Å². The fourth-order valence-corrected chi connectivity index (χ4v) is 6.95. The number of aliphatic hydroxyl groups excluding tert-OH is 10. The van der Waals surface area contributed by atoms with Crippen molar-refractivity contribution in [1.29, 1.82) is 0 Å². The van der Waals surface area contributed by atoms with Crippen molar-refractivity contribution in [3.63, 3.8) is 0 Å². The molecule has 16 atom stereocenters. The van der Waals surface area contributed by atoms with Gasteiger partial charge in [-0.25, -0.2) is 0 Å². The van der Waals surface area contributed by atoms with E-state index >= 15 is 0 Å². The smallest absolute Gasteiger partial charge is 0.187 e. The van der Waals surface area contributed by atoms with E-state index in [1.807, 2.05) is 0 Å². The van der Waals surface area contributed by atoms with Crippen LogP contribution in [-0.2, 0) is 33.2 Å². The first kappa shape index (κ1) is 47.7. The van der Waals surface area contributed by atoms with Gasteiger partial charge in [0.05, 0.1) is 33.0 Å². The Hall–Kier alpha value is -0.680. The van der Waals surface area contributed by atoms with Gasteiger partial charge in [-0.2, -0.15) is 0 Å². The predicted molar refractivity (Wildman–Crippen MR) is 191 cm³/mol. The van der Waals surface area contributed by atoms with Gasteiger partial charge in [0, 0.05) is 6.61 Å². The zero-order valence-electron chi connectivity index (χ0n) is 32.0. The standard InChI is InChI=1S/C37H70O17/c1-3-4-5-11-14-22(2)15-12-9-7-6-8-10-13-16-48-19-23(20-49-35-32(46)27(41)24(40)21-50-35)51-37-34(31(45)29(43)26(18-39)53-37)54-36-33(47)30(44)28(42)25(17-38)52-36/h22-47H,3-21H2,1-2H3/t22?,23?,24-,25?,26?,27?,28-,29-,30?,31?,32?,33?,34?,35-,36+,37-/m1/s1. The van der Waals surface area contributed by atoms with E-state index in [0.29, 0.717) is 6.61 Å². The van der Waals surface area contributed by atoms with Gasteiger partial charge in [-0.05, 0) is 12.3 Å². The molecule has 0 aromatic heterocycles. The Labute approximate surface area is 319 Å². The highest BCUT2D eigenvalue weighted by molar-refractivity contribution is 4.94. The van der Waals surface area contributed by atoms with Gasteiger partial charge < -0.3 is 84.2 Å². The van der Waals surface area contributed by atoms with Crippen LogP contribution < -0.4 is 0 Å². The van der Waals surface area contributed by atoms with Crippen molar-refractivity contribution in [3.05, 3.63) is 0 Å². The highest BCUT2D eigenvalue weighted by atomic mass is 16.8. The quantitative estimate of drug-likeness (QED) is 0.0481. The van der Waals surface area contributed by atoms with Crippen LogP contribution in [0.15, 0.2) is 0 Å². The maximum absolute atomic E-state index is 11.0. The molecular weight excluding hydrogens is 716 g/mol. The molecular formula is C37H70O17. The van der Waals surface area contributed by atoms with E-state index in [1.54, 1.807) is 0 Å². The Kier molecular flexibility index (Phi) is 22.6. The summed E-state index contributed by atoms with van der Waals surface area (Å²) in [5, 5.41) is 102. The van der Waals surface area contributed by atoms with Crippen molar-refractivity contribution in [2.45, 2.75) is 189 Å². The molecule has 0 aromatic carbocycles. The molecule has 3 saturated heterocycles. The van der Waals surface area contributed by atoms with Crippen molar-refractivity contribution in [2.75, 3.05) is 39.6 Å². The van der Waals surface area contributed by atoms with E-state index in [4.69, 9.17) is 33.2 Å². The molecule has 3 rings (SSSR count). The van der Waals surface area contributed by atoms with Gasteiger partial charge in [-0.1, -0.05) is 90.9 Å². The van der Waals surface area contributed by atoms with Gasteiger partial charge in [0.25, 0.3) is 0 Å². The van der Waals surface area contributed by atoms with E-state index in [9.17, 15) is 51.1 Å². The highest BCUT2D eigenvalue weighted by Gasteiger charge is 2.51. The highest BCUT2D eigenvalue weighted by Crippen LogP contribution is 2.31. The lowest BCUT2D eigenvalue weighted by molar-refractivity contribution is -0.374. The first-order valence-electron chi connectivity index (χ1n) is 20.0. The van der Waals surface area contributed by atoms with Gasteiger partial charge >= 0.3 is 0 Å². The van der Waals surface area contributed by atoms with E-state index in [2.05, 4.69) is 13.8 Å². The summed E-state index contributed by atoms with van der Waals surface area (Å²) in [7, 11) is 0. The van der Waals surface area contributed by atoms with Gasteiger partial charge in [-0.3, -0.25) is 0 Å². The second kappa shape index (κ2) is 25.6. The predicted octanol–water partition coefficient (Wildman–Crippen LogP) is -0.805. The van der Waals surface area contributed by atoms with Crippen LogP contribution in [0.4, 0.5) is 0 Å². The SMILES string of the molecule is CCCCCCC(C)CCCCCCCCCOCC(CO[C@@H]1OC[C@@H](O)C(O)C1O)O[C@@H]1OC(CO)[C@@H](O)C(O)C1O[C@@H]1OC(CO)[C@@H](O)C(O)C1O. The second-order valence-corrected chi connectivity index (χ2v) is 15.1. The molecule has 10 N–H and O–H groups in total. The van der Waals surface area contributed by atoms with Crippen LogP contribution in [-0.4, -0.2) is 183 Å². The molecule has 10 unspecified atom stereocenters. The zero-order valence-corrected chi connectivity index (χ0v) is 32.0. The van der Waals surface area contributed by atoms with Gasteiger partial charge in [0.15, 0.2) is 18.9 Å². The van der Waals surface area contributed by atoms with Crippen LogP contribution in [0.5, 0.6) is 0 Å². The molecule has 17 nitrogen and oxygen atoms in total. The van der Waals surface area contributed by atoms with Gasteiger partial charge in [0.2, 0.25) is 0 Å². The monoisotopic (exact) mass is 786 g/mol. The van der Waals surface area contributed by atoms with Crippen LogP contribution in [0.25, 0.3) is 0 Å². The van der Waals surface area contributed by atoms with E-state index in [0.717, 1.165) is 31.6 Å². The van der Waals surface area contributed by atoms with Crippen LogP contribution in [0, 0.1) is 5.92 Å². The maximum atomic E-state index is 11.0. The van der Waals surface area contributed by atoms with Crippen molar-refractivity contribution < 1.29 is 84.2 Å². The number of aliphatic hydroxyl groups is 10. The average molecular weight is 787 g/mol. The second-order valence-electron chi connectivity index (χ2n) is 15.1. The van der Waals surface area contributed by atoms with Crippen molar-refractivity contribution in [1.82, 2.24) is 0 Å². The van der Waals surface area contributed by atoms with Crippen LogP contribution >= 0.6 is 0 Å². The molecule has 3 heterocycles. The largest absolute Gasteiger partial charge is 0.394 e. The third-order valence-corrected chi connectivity index (χ3v) is 10.5. The lowest BCUT2D eigenvalue weighted by Crippen LogP contribution is -2.65. The summed E-state index contributed by atoms with van der Waals surface area (Å²) < 4.78 is 40.0. The van der Waals surface area contributed by atoms with Crippen molar-refractivity contribution >= 4 is 0 Å². The molecule has 0 bridgehead atoms. The first-order chi connectivity index (χ1) is 25.9. The number of ether oxygens (including phenoxy) is 7. The molecule has 0 amide bonds. The lowest BCUT2D eigenvalue weighted by Gasteiger charge is -2.46. The van der Waals surface area contributed by atoms with Crippen LogP contribution in [0.2, 0.25) is 0 Å². The summed E-state index contributed by atoms with van der Waals surface area (Å²) in [5.41, 5.74) is 0. The summed E-state index contributed by atoms with van der Waals surface area (Å²) in [6.07, 6.45) is -7.63. The number of unbranched alkanes of at least 4 members (excludes halogenated alkanes) is 9. The van der Waals surface area contributed by atoms with Crippen molar-refractivity contribution in [2.24, 2.45) is 5.92 Å². The molecule has 0 spiro atoms. The number of hydrogen-bond acceptors (Lipinski definition) is 17. The Morgan fingerprint density at radius 3 is 1.78 bits per heavy atom. The average Bonchev–Trinajstić information content (AvgIpc) is 3.16. The molecule has 3 aliphatic rings. The molecule has 54 heavy (non-hydrogen) atoms. The minimum Gasteiger partial charge on any atom is -0.394 e. The molecule has 3 fully saturated rings. The molecule has 0 aromatic rings. The molecule has 17 heteroatoms. The molecule has 3 aliphatic heterocycles. The lowest BCUT2D eigenvalue weighted by atomic mass is 9.96. The van der Waals surface area contributed by atoms with Crippen molar-refractivity contribution in [3.8, 4) is 0 Å². The molecule has 0 radical (unpaired) electrons. The van der Waals surface area contributed by atoms with Crippen LogP contribution in [0.1, 0.15) is 97.3 Å². The van der Waals surface area contributed by atoms with E-state index in [-0.39, 0.29) is 19.8 Å². The summed E-state index contributed by atoms with van der Waals surface area (Å²) in [4.78, 5) is 0. The third kappa shape index (κ3) is 14.9. The van der Waals surface area contributed by atoms with Gasteiger partial charge in [0.1, 0.15) is 73.2 Å². The molecule has 0 aliphatic carbocycles. The number of rotatable bonds is 26. The topological polar surface area (TPSA) is 267 Å². The normalized spacial score (nSPS) is 37.3. The Bertz CT molecular complexity index is 966. The first-order valence-corrected chi connectivity index (χ1v) is 20.0. The minimum absolute atomic E-state index is 0.0975. The number of hydrogen-bond donors (Lipinski definition) is 10. The van der Waals surface area contributed by atoms with Gasteiger partial charge in [-0.15, -0.1) is 0 Å². The fraction of sp³-hybridized carbons (Fsp3) is 1.00. The Morgan fingerprint density at radius 2 is 1.15 bits per heavy atom. The fourth-order valence-electron chi connectivity index (χ4n) is 6.95. The Morgan fingerprint density at radius 1 is 0.593 bits per heavy atom. The summed E-state index contributed by atoms with van der Waals surface area (Å²) in [5.74, 6) is 0.787. The molecule has 320 valence electrons. The summed E-state index contributed by atoms with van der Waals surface area (Å²) in [6.45, 7) is 2.79. The summed E-state index contributed by atoms with van der Waals surface area (Å²) in [6, 6.07) is 0. The van der Waals surface area contributed by atoms with E-state index < -0.39 is 105 Å². The molecule has 0 saturated carbocycles. The zero-order chi connectivity index (χ0) is 39.6. The Balaban J connectivity index is 1.54. The van der Waals surface area contributed by atoms with Crippen LogP contribution in [0.3, 0.4) is 0 Å². The third-order valence-electron chi connectivity index (χ3n) is 10.5. The summed E-state index contributed by atoms with van der Waals surface area (Å²) >= 11 is 0. The minimum atomic E-state index is -1.84. The maximum Gasteiger partial charge on any atom is 0.187 e.